The molecule has 12 heteroatoms. The predicted molar refractivity (Wildman–Crippen MR) is 105 cm³/mol. The fraction of sp³-hybridized carbons (Fsp3) is 0.278. The zero-order valence-electron chi connectivity index (χ0n) is 15.2. The maximum Gasteiger partial charge on any atom is 0.417 e. The molecule has 1 aliphatic rings. The average Bonchev–Trinajstić information content (AvgIpc) is 2.69. The highest BCUT2D eigenvalue weighted by molar-refractivity contribution is 6.34. The van der Waals surface area contributed by atoms with Gasteiger partial charge in [0.1, 0.15) is 5.82 Å². The third-order valence-corrected chi connectivity index (χ3v) is 5.18. The summed E-state index contributed by atoms with van der Waals surface area (Å²) in [4.78, 5) is 18.3. The zero-order chi connectivity index (χ0) is 22.1. The Labute approximate surface area is 178 Å². The van der Waals surface area contributed by atoms with Crippen LogP contribution in [0.1, 0.15) is 21.5 Å². The Kier molecular flexibility index (Phi) is 6.27. The summed E-state index contributed by atoms with van der Waals surface area (Å²) < 4.78 is 40.3. The number of carboxylic acid groups (broad SMARTS) is 1. The van der Waals surface area contributed by atoms with Crippen molar-refractivity contribution in [1.29, 1.82) is 0 Å². The molecule has 0 spiro atoms. The number of rotatable bonds is 3. The van der Waals surface area contributed by atoms with Crippen LogP contribution in [-0.2, 0) is 6.18 Å². The Morgan fingerprint density at radius 3 is 2.33 bits per heavy atom. The van der Waals surface area contributed by atoms with Gasteiger partial charge in [-0.1, -0.05) is 34.4 Å². The van der Waals surface area contributed by atoms with Gasteiger partial charge in [0.15, 0.2) is 5.84 Å². The van der Waals surface area contributed by atoms with Crippen molar-refractivity contribution in [3.05, 3.63) is 57.2 Å². The summed E-state index contributed by atoms with van der Waals surface area (Å²) in [6, 6.07) is 4.62. The molecule has 2 aromatic rings. The number of carbonyl (C=O) groups is 1. The number of anilines is 1. The van der Waals surface area contributed by atoms with Gasteiger partial charge in [0.2, 0.25) is 0 Å². The number of carboxylic acids is 1. The molecule has 1 aromatic carbocycles. The molecular weight excluding hydrogens is 448 g/mol. The number of hydrogen-bond donors (Lipinski definition) is 2. The third-order valence-electron chi connectivity index (χ3n) is 4.58. The van der Waals surface area contributed by atoms with Gasteiger partial charge < -0.3 is 20.1 Å². The number of halogens is 5. The Bertz CT molecular complexity index is 993. The van der Waals surface area contributed by atoms with Crippen molar-refractivity contribution in [2.45, 2.75) is 6.18 Å². The Balaban J connectivity index is 1.82. The van der Waals surface area contributed by atoms with Crippen LogP contribution in [0.15, 0.2) is 35.6 Å². The van der Waals surface area contributed by atoms with Gasteiger partial charge in [-0.15, -0.1) is 0 Å². The summed E-state index contributed by atoms with van der Waals surface area (Å²) in [5.41, 5.74) is -1.46. The largest absolute Gasteiger partial charge is 0.478 e. The highest BCUT2D eigenvalue weighted by atomic mass is 35.5. The topological polar surface area (TPSA) is 89.3 Å². The first-order chi connectivity index (χ1) is 14.1. The Morgan fingerprint density at radius 1 is 1.13 bits per heavy atom. The van der Waals surface area contributed by atoms with Gasteiger partial charge in [0, 0.05) is 32.4 Å². The van der Waals surface area contributed by atoms with Crippen molar-refractivity contribution in [2.24, 2.45) is 5.16 Å². The molecule has 30 heavy (non-hydrogen) atoms. The number of alkyl halides is 3. The molecule has 1 fully saturated rings. The van der Waals surface area contributed by atoms with Crippen LogP contribution in [0.4, 0.5) is 19.0 Å². The molecule has 0 atom stereocenters. The van der Waals surface area contributed by atoms with E-state index >= 15 is 0 Å². The van der Waals surface area contributed by atoms with E-state index in [4.69, 9.17) is 28.3 Å². The van der Waals surface area contributed by atoms with Crippen LogP contribution in [0, 0.1) is 0 Å². The lowest BCUT2D eigenvalue weighted by Gasteiger charge is -2.37. The standard InChI is InChI=1S/C18H15Cl2F3N4O3/c19-12-3-1-2-11(18(21,22)23)14(12)16(25-30)27-6-4-26(5-7-27)15-13(20)8-10(9-24-15)17(28)29/h1-3,8-9,30H,4-7H2,(H,28,29). The number of piperazine rings is 1. The Morgan fingerprint density at radius 2 is 1.80 bits per heavy atom. The van der Waals surface area contributed by atoms with Crippen LogP contribution in [0.2, 0.25) is 10.0 Å². The van der Waals surface area contributed by atoms with Crippen LogP contribution in [0.25, 0.3) is 0 Å². The number of benzene rings is 1. The molecule has 2 N–H and O–H groups in total. The van der Waals surface area contributed by atoms with E-state index in [9.17, 15) is 23.2 Å². The fourth-order valence-electron chi connectivity index (χ4n) is 3.17. The molecular formula is C18H15Cl2F3N4O3. The monoisotopic (exact) mass is 462 g/mol. The number of amidine groups is 1. The number of aromatic carboxylic acids is 1. The van der Waals surface area contributed by atoms with Crippen LogP contribution in [-0.4, -0.2) is 58.2 Å². The molecule has 0 bridgehead atoms. The maximum absolute atomic E-state index is 13.4. The first-order valence-electron chi connectivity index (χ1n) is 8.60. The van der Waals surface area contributed by atoms with Crippen molar-refractivity contribution in [2.75, 3.05) is 31.1 Å². The van der Waals surface area contributed by atoms with E-state index < -0.39 is 23.3 Å². The van der Waals surface area contributed by atoms with Crippen LogP contribution in [0.5, 0.6) is 0 Å². The molecule has 0 amide bonds. The first kappa shape index (κ1) is 22.0. The highest BCUT2D eigenvalue weighted by Crippen LogP contribution is 2.36. The second kappa shape index (κ2) is 8.57. The molecule has 0 unspecified atom stereocenters. The van der Waals surface area contributed by atoms with Gasteiger partial charge in [-0.25, -0.2) is 9.78 Å². The molecule has 0 radical (unpaired) electrons. The van der Waals surface area contributed by atoms with Gasteiger partial charge in [-0.05, 0) is 18.2 Å². The zero-order valence-corrected chi connectivity index (χ0v) is 16.7. The smallest absolute Gasteiger partial charge is 0.417 e. The van der Waals surface area contributed by atoms with Crippen molar-refractivity contribution in [3.63, 3.8) is 0 Å². The van der Waals surface area contributed by atoms with Gasteiger partial charge in [-0.2, -0.15) is 13.2 Å². The molecule has 2 heterocycles. The summed E-state index contributed by atoms with van der Waals surface area (Å²) in [6.07, 6.45) is -3.50. The quantitative estimate of drug-likeness (QED) is 0.309. The summed E-state index contributed by atoms with van der Waals surface area (Å²) >= 11 is 12.1. The van der Waals surface area contributed by atoms with Crippen LogP contribution < -0.4 is 4.90 Å². The fourth-order valence-corrected chi connectivity index (χ4v) is 3.71. The number of nitrogens with zero attached hydrogens (tertiary/aromatic N) is 4. The molecule has 7 nitrogen and oxygen atoms in total. The number of oxime groups is 1. The van der Waals surface area contributed by atoms with E-state index in [1.54, 1.807) is 4.90 Å². The lowest BCUT2D eigenvalue weighted by atomic mass is 10.0. The van der Waals surface area contributed by atoms with Crippen LogP contribution >= 0.6 is 23.2 Å². The van der Waals surface area contributed by atoms with Crippen LogP contribution in [0.3, 0.4) is 0 Å². The summed E-state index contributed by atoms with van der Waals surface area (Å²) in [5, 5.41) is 21.5. The second-order valence-electron chi connectivity index (χ2n) is 6.39. The lowest BCUT2D eigenvalue weighted by molar-refractivity contribution is -0.137. The van der Waals surface area contributed by atoms with E-state index in [-0.39, 0.29) is 34.5 Å². The van der Waals surface area contributed by atoms with E-state index in [1.165, 1.54) is 29.3 Å². The van der Waals surface area contributed by atoms with Crippen molar-refractivity contribution in [3.8, 4) is 0 Å². The van der Waals surface area contributed by atoms with E-state index in [0.717, 1.165) is 6.07 Å². The SMILES string of the molecule is O=C(O)c1cnc(N2CCN(C(=NO)c3c(Cl)cccc3C(F)(F)F)CC2)c(Cl)c1. The molecule has 1 saturated heterocycles. The molecule has 0 saturated carbocycles. The summed E-state index contributed by atoms with van der Waals surface area (Å²) in [5.74, 6) is -1.09. The number of aromatic nitrogens is 1. The summed E-state index contributed by atoms with van der Waals surface area (Å²) in [7, 11) is 0. The number of hydrogen-bond acceptors (Lipinski definition) is 5. The third kappa shape index (κ3) is 4.39. The van der Waals surface area contributed by atoms with Gasteiger partial charge >= 0.3 is 12.1 Å². The first-order valence-corrected chi connectivity index (χ1v) is 9.36. The van der Waals surface area contributed by atoms with E-state index in [2.05, 4.69) is 10.1 Å². The molecule has 1 aromatic heterocycles. The van der Waals surface area contributed by atoms with Crippen molar-refractivity contribution >= 4 is 40.8 Å². The highest BCUT2D eigenvalue weighted by Gasteiger charge is 2.37. The van der Waals surface area contributed by atoms with E-state index in [1.807, 2.05) is 0 Å². The Hall–Kier alpha value is -2.72. The minimum Gasteiger partial charge on any atom is -0.478 e. The van der Waals surface area contributed by atoms with Crippen molar-refractivity contribution < 1.29 is 28.3 Å². The molecule has 0 aliphatic carbocycles. The minimum atomic E-state index is -4.68. The normalized spacial score (nSPS) is 15.4. The summed E-state index contributed by atoms with van der Waals surface area (Å²) in [6.45, 7) is 0.981. The molecule has 1 aliphatic heterocycles. The lowest BCUT2D eigenvalue weighted by Crippen LogP contribution is -2.49. The predicted octanol–water partition coefficient (Wildman–Crippen LogP) is 4.06. The van der Waals surface area contributed by atoms with Gasteiger partial charge in [-0.3, -0.25) is 0 Å². The van der Waals surface area contributed by atoms with E-state index in [0.29, 0.717) is 18.9 Å². The van der Waals surface area contributed by atoms with Gasteiger partial charge in [0.05, 0.1) is 26.7 Å². The average molecular weight is 463 g/mol. The number of pyridine rings is 1. The molecule has 3 rings (SSSR count). The molecule has 160 valence electrons. The maximum atomic E-state index is 13.4. The van der Waals surface area contributed by atoms with Gasteiger partial charge in [0.25, 0.3) is 0 Å². The van der Waals surface area contributed by atoms with Crippen molar-refractivity contribution in [1.82, 2.24) is 9.88 Å². The second-order valence-corrected chi connectivity index (χ2v) is 7.21. The minimum absolute atomic E-state index is 0.0597.